The van der Waals surface area contributed by atoms with Crippen molar-refractivity contribution in [3.8, 4) is 0 Å². The normalized spacial score (nSPS) is 19.2. The number of hydrogen-bond acceptors (Lipinski definition) is 3. The molecular formula is C13H24N2O3. The lowest BCUT2D eigenvalue weighted by molar-refractivity contribution is -0.143. The summed E-state index contributed by atoms with van der Waals surface area (Å²) in [5, 5.41) is 8.89. The molecule has 0 radical (unpaired) electrons. The van der Waals surface area contributed by atoms with Crippen molar-refractivity contribution in [2.45, 2.75) is 45.1 Å². The third-order valence-electron chi connectivity index (χ3n) is 3.61. The lowest BCUT2D eigenvalue weighted by atomic mass is 10.1. The summed E-state index contributed by atoms with van der Waals surface area (Å²) in [6, 6.07) is -0.622. The number of aliphatic carboxylic acids is 1. The highest BCUT2D eigenvalue weighted by molar-refractivity contribution is 5.79. The summed E-state index contributed by atoms with van der Waals surface area (Å²) in [5.41, 5.74) is 0. The third kappa shape index (κ3) is 4.64. The number of carbonyl (C=O) groups is 2. The van der Waals surface area contributed by atoms with Crippen LogP contribution in [0.5, 0.6) is 0 Å². The second-order valence-electron chi connectivity index (χ2n) is 5.08. The molecule has 1 aliphatic heterocycles. The van der Waals surface area contributed by atoms with E-state index in [2.05, 4.69) is 0 Å². The number of carbonyl (C=O) groups excluding carboxylic acids is 1. The van der Waals surface area contributed by atoms with E-state index in [0.717, 1.165) is 25.9 Å². The Kier molecular flexibility index (Phi) is 6.12. The van der Waals surface area contributed by atoms with Crippen molar-refractivity contribution >= 4 is 11.9 Å². The van der Waals surface area contributed by atoms with Gasteiger partial charge in [0.15, 0.2) is 0 Å². The largest absolute Gasteiger partial charge is 0.480 e. The number of likely N-dealkylation sites (N-methyl/N-ethyl adjacent to an activating group) is 1. The van der Waals surface area contributed by atoms with Crippen LogP contribution in [0, 0.1) is 0 Å². The highest BCUT2D eigenvalue weighted by Crippen LogP contribution is 2.11. The Hall–Kier alpha value is -1.10. The van der Waals surface area contributed by atoms with Crippen LogP contribution in [-0.4, -0.2) is 59.5 Å². The van der Waals surface area contributed by atoms with Gasteiger partial charge < -0.3 is 10.0 Å². The highest BCUT2D eigenvalue weighted by Gasteiger charge is 2.22. The number of likely N-dealkylation sites (tertiary alicyclic amines) is 1. The number of carboxylic acids is 1. The maximum atomic E-state index is 12.1. The first-order chi connectivity index (χ1) is 8.52. The summed E-state index contributed by atoms with van der Waals surface area (Å²) in [4.78, 5) is 26.4. The zero-order chi connectivity index (χ0) is 13.5. The van der Waals surface area contributed by atoms with Crippen LogP contribution in [0.1, 0.15) is 39.0 Å². The van der Waals surface area contributed by atoms with Gasteiger partial charge in [-0.2, -0.15) is 0 Å². The van der Waals surface area contributed by atoms with Gasteiger partial charge in [-0.1, -0.05) is 19.3 Å². The van der Waals surface area contributed by atoms with Crippen LogP contribution in [0.15, 0.2) is 0 Å². The van der Waals surface area contributed by atoms with E-state index < -0.39 is 12.0 Å². The summed E-state index contributed by atoms with van der Waals surface area (Å²) >= 11 is 0. The minimum atomic E-state index is -0.891. The quantitative estimate of drug-likeness (QED) is 0.820. The van der Waals surface area contributed by atoms with E-state index in [4.69, 9.17) is 5.11 Å². The van der Waals surface area contributed by atoms with E-state index in [-0.39, 0.29) is 12.5 Å². The van der Waals surface area contributed by atoms with Crippen LogP contribution in [0.25, 0.3) is 0 Å². The average molecular weight is 256 g/mol. The molecule has 1 rings (SSSR count). The molecule has 18 heavy (non-hydrogen) atoms. The van der Waals surface area contributed by atoms with Gasteiger partial charge in [-0.05, 0) is 26.8 Å². The standard InChI is InChI=1S/C13H24N2O3/c1-11(13(17)18)14(2)10-12(16)15-8-6-4-3-5-7-9-15/h11H,3-10H2,1-2H3,(H,17,18). The first kappa shape index (κ1) is 15.0. The van der Waals surface area contributed by atoms with E-state index >= 15 is 0 Å². The summed E-state index contributed by atoms with van der Waals surface area (Å²) < 4.78 is 0. The topological polar surface area (TPSA) is 60.9 Å². The Morgan fingerprint density at radius 1 is 1.17 bits per heavy atom. The lowest BCUT2D eigenvalue weighted by Crippen LogP contribution is -2.45. The predicted octanol–water partition coefficient (Wildman–Crippen LogP) is 1.18. The number of amides is 1. The number of hydrogen-bond donors (Lipinski definition) is 1. The maximum absolute atomic E-state index is 12.1. The first-order valence-electron chi connectivity index (χ1n) is 6.73. The minimum Gasteiger partial charge on any atom is -0.480 e. The Balaban J connectivity index is 2.44. The molecule has 0 spiro atoms. The molecule has 1 heterocycles. The molecule has 1 amide bonds. The fraction of sp³-hybridized carbons (Fsp3) is 0.846. The fourth-order valence-corrected chi connectivity index (χ4v) is 2.14. The fourth-order valence-electron chi connectivity index (χ4n) is 2.14. The predicted molar refractivity (Wildman–Crippen MR) is 69.4 cm³/mol. The molecule has 0 saturated carbocycles. The molecule has 0 bridgehead atoms. The molecule has 0 aromatic heterocycles. The first-order valence-corrected chi connectivity index (χ1v) is 6.73. The molecule has 1 unspecified atom stereocenters. The van der Waals surface area contributed by atoms with Crippen molar-refractivity contribution in [2.24, 2.45) is 0 Å². The van der Waals surface area contributed by atoms with Crippen LogP contribution in [0.4, 0.5) is 0 Å². The zero-order valence-electron chi connectivity index (χ0n) is 11.4. The van der Waals surface area contributed by atoms with Crippen molar-refractivity contribution in [2.75, 3.05) is 26.7 Å². The van der Waals surface area contributed by atoms with Gasteiger partial charge in [0.25, 0.3) is 0 Å². The van der Waals surface area contributed by atoms with Crippen molar-refractivity contribution in [3.63, 3.8) is 0 Å². The van der Waals surface area contributed by atoms with E-state index in [0.29, 0.717) is 0 Å². The Bertz CT molecular complexity index is 286. The molecule has 5 heteroatoms. The van der Waals surface area contributed by atoms with Crippen LogP contribution in [0.3, 0.4) is 0 Å². The van der Waals surface area contributed by atoms with Gasteiger partial charge in [0.05, 0.1) is 6.54 Å². The van der Waals surface area contributed by atoms with Gasteiger partial charge >= 0.3 is 5.97 Å². The third-order valence-corrected chi connectivity index (χ3v) is 3.61. The van der Waals surface area contributed by atoms with Crippen molar-refractivity contribution in [1.82, 2.24) is 9.80 Å². The summed E-state index contributed by atoms with van der Waals surface area (Å²) in [7, 11) is 1.68. The highest BCUT2D eigenvalue weighted by atomic mass is 16.4. The van der Waals surface area contributed by atoms with E-state index in [1.807, 2.05) is 4.90 Å². The second-order valence-corrected chi connectivity index (χ2v) is 5.08. The Morgan fingerprint density at radius 2 is 1.67 bits per heavy atom. The second kappa shape index (κ2) is 7.36. The van der Waals surface area contributed by atoms with Gasteiger partial charge in [0.1, 0.15) is 6.04 Å². The van der Waals surface area contributed by atoms with Crippen LogP contribution in [-0.2, 0) is 9.59 Å². The molecule has 5 nitrogen and oxygen atoms in total. The van der Waals surface area contributed by atoms with Gasteiger partial charge in [-0.25, -0.2) is 0 Å². The Labute approximate surface area is 109 Å². The van der Waals surface area contributed by atoms with Crippen molar-refractivity contribution in [1.29, 1.82) is 0 Å². The number of rotatable bonds is 4. The van der Waals surface area contributed by atoms with Crippen LogP contribution in [0.2, 0.25) is 0 Å². The van der Waals surface area contributed by atoms with Crippen molar-refractivity contribution in [3.05, 3.63) is 0 Å². The molecule has 104 valence electrons. The Morgan fingerprint density at radius 3 is 2.17 bits per heavy atom. The van der Waals surface area contributed by atoms with Gasteiger partial charge in [-0.15, -0.1) is 0 Å². The monoisotopic (exact) mass is 256 g/mol. The van der Waals surface area contributed by atoms with Gasteiger partial charge in [-0.3, -0.25) is 14.5 Å². The molecule has 1 fully saturated rings. The SMILES string of the molecule is CC(C(=O)O)N(C)CC(=O)N1CCCCCCC1. The molecule has 0 aromatic rings. The van der Waals surface area contributed by atoms with E-state index in [9.17, 15) is 9.59 Å². The van der Waals surface area contributed by atoms with Crippen LogP contribution >= 0.6 is 0 Å². The molecule has 1 N–H and O–H groups in total. The van der Waals surface area contributed by atoms with E-state index in [1.165, 1.54) is 19.3 Å². The van der Waals surface area contributed by atoms with Gasteiger partial charge in [0.2, 0.25) is 5.91 Å². The molecule has 1 atom stereocenters. The molecule has 1 aliphatic rings. The molecule has 0 aromatic carbocycles. The zero-order valence-corrected chi connectivity index (χ0v) is 11.4. The maximum Gasteiger partial charge on any atom is 0.320 e. The summed E-state index contributed by atoms with van der Waals surface area (Å²) in [5.74, 6) is -0.842. The van der Waals surface area contributed by atoms with Crippen LogP contribution < -0.4 is 0 Å². The molecule has 0 aliphatic carbocycles. The number of carboxylic acid groups (broad SMARTS) is 1. The summed E-state index contributed by atoms with van der Waals surface area (Å²) in [6.07, 6.45) is 5.75. The van der Waals surface area contributed by atoms with Gasteiger partial charge in [0, 0.05) is 13.1 Å². The molecular weight excluding hydrogens is 232 g/mol. The van der Waals surface area contributed by atoms with Crippen molar-refractivity contribution < 1.29 is 14.7 Å². The minimum absolute atomic E-state index is 0.0486. The summed E-state index contributed by atoms with van der Waals surface area (Å²) in [6.45, 7) is 3.42. The smallest absolute Gasteiger partial charge is 0.320 e. The number of nitrogens with zero attached hydrogens (tertiary/aromatic N) is 2. The average Bonchev–Trinajstić information content (AvgIpc) is 2.26. The van der Waals surface area contributed by atoms with E-state index in [1.54, 1.807) is 18.9 Å². The lowest BCUT2D eigenvalue weighted by Gasteiger charge is -2.28. The molecule has 1 saturated heterocycles.